The average Bonchev–Trinajstić information content (AvgIpc) is 2.75. The van der Waals surface area contributed by atoms with Gasteiger partial charge in [0.1, 0.15) is 10.6 Å². The number of anilines is 2. The Labute approximate surface area is 206 Å². The van der Waals surface area contributed by atoms with Crippen molar-refractivity contribution in [2.75, 3.05) is 25.6 Å². The van der Waals surface area contributed by atoms with E-state index in [2.05, 4.69) is 31.0 Å². The van der Waals surface area contributed by atoms with Crippen molar-refractivity contribution in [3.8, 4) is 5.75 Å². The second kappa shape index (κ2) is 9.87. The Kier molecular flexibility index (Phi) is 7.08. The first-order chi connectivity index (χ1) is 16.2. The molecule has 4 rings (SSSR count). The summed E-state index contributed by atoms with van der Waals surface area (Å²) in [6.07, 6.45) is 1.18. The molecule has 0 atom stereocenters. The zero-order valence-corrected chi connectivity index (χ0v) is 21.2. The number of carbonyl (C=O) groups excluding carboxylic acids is 1. The molecule has 2 N–H and O–H groups in total. The molecule has 9 nitrogen and oxygen atoms in total. The maximum Gasteiger partial charge on any atom is 0.338 e. The van der Waals surface area contributed by atoms with Gasteiger partial charge < -0.3 is 19.5 Å². The normalized spacial score (nSPS) is 14.1. The molecule has 1 aromatic heterocycles. The highest BCUT2D eigenvalue weighted by Crippen LogP contribution is 2.35. The fourth-order valence-corrected chi connectivity index (χ4v) is 5.13. The Morgan fingerprint density at radius 2 is 1.97 bits per heavy atom. The number of sulfonamides is 1. The predicted octanol–water partition coefficient (Wildman–Crippen LogP) is 3.99. The molecule has 1 aliphatic rings. The number of halogens is 1. The molecule has 0 saturated carbocycles. The molecule has 0 spiro atoms. The second-order valence-electron chi connectivity index (χ2n) is 8.04. The van der Waals surface area contributed by atoms with Crippen molar-refractivity contribution in [1.82, 2.24) is 9.71 Å². The molecule has 0 amide bonds. The van der Waals surface area contributed by atoms with Crippen LogP contribution in [-0.2, 0) is 19.5 Å². The fraction of sp³-hybridized carbons (Fsp3) is 0.304. The predicted molar refractivity (Wildman–Crippen MR) is 131 cm³/mol. The van der Waals surface area contributed by atoms with E-state index in [0.717, 1.165) is 4.47 Å². The van der Waals surface area contributed by atoms with Crippen LogP contribution in [0.2, 0.25) is 0 Å². The van der Waals surface area contributed by atoms with Gasteiger partial charge in [0, 0.05) is 27.8 Å². The summed E-state index contributed by atoms with van der Waals surface area (Å²) in [5, 5.41) is 3.78. The van der Waals surface area contributed by atoms with E-state index in [4.69, 9.17) is 14.2 Å². The minimum atomic E-state index is -3.92. The highest BCUT2D eigenvalue weighted by molar-refractivity contribution is 9.10. The smallest absolute Gasteiger partial charge is 0.338 e. The summed E-state index contributed by atoms with van der Waals surface area (Å²) < 4.78 is 45.7. The number of methoxy groups -OCH3 is 1. The maximum absolute atomic E-state index is 13.2. The van der Waals surface area contributed by atoms with E-state index >= 15 is 0 Å². The number of hydrogen-bond donors (Lipinski definition) is 2. The molecular formula is C23H24BrN3O6S. The van der Waals surface area contributed by atoms with Crippen LogP contribution in [0, 0.1) is 0 Å². The number of benzene rings is 2. The molecule has 11 heteroatoms. The summed E-state index contributed by atoms with van der Waals surface area (Å²) in [7, 11) is -2.63. The summed E-state index contributed by atoms with van der Waals surface area (Å²) >= 11 is 3.42. The molecular weight excluding hydrogens is 526 g/mol. The van der Waals surface area contributed by atoms with Gasteiger partial charge in [0.15, 0.2) is 0 Å². The zero-order chi connectivity index (χ0) is 24.5. The van der Waals surface area contributed by atoms with Gasteiger partial charge in [0.05, 0.1) is 49.2 Å². The van der Waals surface area contributed by atoms with E-state index in [1.54, 1.807) is 36.4 Å². The van der Waals surface area contributed by atoms with Crippen molar-refractivity contribution in [3.63, 3.8) is 0 Å². The summed E-state index contributed by atoms with van der Waals surface area (Å²) in [6.45, 7) is 4.36. The molecule has 0 aliphatic carbocycles. The SMILES string of the molecule is COC(=O)c1cc(Nc2c(S(=O)(=O)NC3COC3)cnc3cc(Br)ccc23)cc(OC(C)C)c1. The highest BCUT2D eigenvalue weighted by Gasteiger charge is 2.29. The van der Waals surface area contributed by atoms with Crippen LogP contribution in [0.25, 0.3) is 10.9 Å². The molecule has 0 bridgehead atoms. The zero-order valence-electron chi connectivity index (χ0n) is 18.8. The largest absolute Gasteiger partial charge is 0.491 e. The number of nitrogens with zero attached hydrogens (tertiary/aromatic N) is 1. The Morgan fingerprint density at radius 3 is 2.62 bits per heavy atom. The molecule has 0 unspecified atom stereocenters. The van der Waals surface area contributed by atoms with Gasteiger partial charge in [0.25, 0.3) is 0 Å². The summed E-state index contributed by atoms with van der Waals surface area (Å²) in [4.78, 5) is 16.6. The van der Waals surface area contributed by atoms with Crippen LogP contribution >= 0.6 is 15.9 Å². The first-order valence-corrected chi connectivity index (χ1v) is 12.8. The molecule has 180 valence electrons. The standard InChI is InChI=1S/C23H24BrN3O6S/c1-13(2)33-18-7-14(23(28)31-3)6-16(9-18)26-22-19-5-4-15(24)8-20(19)25-10-21(22)34(29,30)27-17-11-32-12-17/h4-10,13,17,27H,11-12H2,1-3H3,(H,25,26). The maximum atomic E-state index is 13.2. The third-order valence-corrected chi connectivity index (χ3v) is 7.04. The van der Waals surface area contributed by atoms with Crippen LogP contribution in [0.15, 0.2) is 52.0 Å². The van der Waals surface area contributed by atoms with E-state index in [1.807, 2.05) is 13.8 Å². The van der Waals surface area contributed by atoms with Crippen LogP contribution in [0.5, 0.6) is 5.75 Å². The van der Waals surface area contributed by atoms with Crippen molar-refractivity contribution in [3.05, 3.63) is 52.6 Å². The van der Waals surface area contributed by atoms with Crippen LogP contribution < -0.4 is 14.8 Å². The lowest BCUT2D eigenvalue weighted by atomic mass is 10.1. The van der Waals surface area contributed by atoms with Crippen molar-refractivity contribution < 1.29 is 27.4 Å². The summed E-state index contributed by atoms with van der Waals surface area (Å²) in [6, 6.07) is 9.92. The Balaban J connectivity index is 1.85. The van der Waals surface area contributed by atoms with Gasteiger partial charge in [0.2, 0.25) is 10.0 Å². The first-order valence-electron chi connectivity index (χ1n) is 10.5. The molecule has 2 heterocycles. The molecule has 2 aromatic carbocycles. The van der Waals surface area contributed by atoms with Gasteiger partial charge >= 0.3 is 5.97 Å². The molecule has 34 heavy (non-hydrogen) atoms. The number of carbonyl (C=O) groups is 1. The number of pyridine rings is 1. The summed E-state index contributed by atoms with van der Waals surface area (Å²) in [5.74, 6) is -0.101. The lowest BCUT2D eigenvalue weighted by Gasteiger charge is -2.27. The van der Waals surface area contributed by atoms with E-state index in [-0.39, 0.29) is 22.6 Å². The van der Waals surface area contributed by atoms with Crippen LogP contribution in [-0.4, -0.2) is 51.8 Å². The lowest BCUT2D eigenvalue weighted by Crippen LogP contribution is -2.48. The number of rotatable bonds is 8. The van der Waals surface area contributed by atoms with Gasteiger partial charge in [-0.2, -0.15) is 0 Å². The number of hydrogen-bond acceptors (Lipinski definition) is 8. The van der Waals surface area contributed by atoms with E-state index in [1.165, 1.54) is 13.3 Å². The monoisotopic (exact) mass is 549 g/mol. The van der Waals surface area contributed by atoms with Crippen LogP contribution in [0.1, 0.15) is 24.2 Å². The third-order valence-electron chi connectivity index (χ3n) is 5.01. The number of aromatic nitrogens is 1. The Morgan fingerprint density at radius 1 is 1.21 bits per heavy atom. The van der Waals surface area contributed by atoms with Crippen molar-refractivity contribution in [2.24, 2.45) is 0 Å². The second-order valence-corrected chi connectivity index (χ2v) is 10.6. The average molecular weight is 550 g/mol. The molecule has 3 aromatic rings. The van der Waals surface area contributed by atoms with Gasteiger partial charge in [-0.25, -0.2) is 17.9 Å². The Bertz CT molecular complexity index is 1340. The van der Waals surface area contributed by atoms with E-state index < -0.39 is 16.0 Å². The topological polar surface area (TPSA) is 116 Å². The molecule has 1 fully saturated rings. The lowest BCUT2D eigenvalue weighted by molar-refractivity contribution is 0.00482. The fourth-order valence-electron chi connectivity index (χ4n) is 3.46. The minimum Gasteiger partial charge on any atom is -0.491 e. The number of ether oxygens (including phenoxy) is 3. The Hall–Kier alpha value is -2.73. The molecule has 1 saturated heterocycles. The number of fused-ring (bicyclic) bond motifs is 1. The quantitative estimate of drug-likeness (QED) is 0.405. The molecule has 1 aliphatic heterocycles. The number of esters is 1. The van der Waals surface area contributed by atoms with Gasteiger partial charge in [-0.3, -0.25) is 4.98 Å². The number of nitrogens with one attached hydrogen (secondary N) is 2. The first kappa shape index (κ1) is 24.4. The van der Waals surface area contributed by atoms with Gasteiger partial charge in [-0.1, -0.05) is 15.9 Å². The van der Waals surface area contributed by atoms with Crippen molar-refractivity contribution in [2.45, 2.75) is 30.9 Å². The van der Waals surface area contributed by atoms with E-state index in [0.29, 0.717) is 41.2 Å². The van der Waals surface area contributed by atoms with E-state index in [9.17, 15) is 13.2 Å². The summed E-state index contributed by atoms with van der Waals surface area (Å²) in [5.41, 5.74) is 1.63. The van der Waals surface area contributed by atoms with Gasteiger partial charge in [-0.05, 0) is 44.2 Å². The van der Waals surface area contributed by atoms with Crippen LogP contribution in [0.4, 0.5) is 11.4 Å². The third kappa shape index (κ3) is 5.33. The van der Waals surface area contributed by atoms with Crippen molar-refractivity contribution in [1.29, 1.82) is 0 Å². The highest BCUT2D eigenvalue weighted by atomic mass is 79.9. The van der Waals surface area contributed by atoms with Gasteiger partial charge in [-0.15, -0.1) is 0 Å². The minimum absolute atomic E-state index is 0.0241. The van der Waals surface area contributed by atoms with Crippen LogP contribution in [0.3, 0.4) is 0 Å². The molecule has 0 radical (unpaired) electrons. The van der Waals surface area contributed by atoms with Crippen molar-refractivity contribution >= 4 is 54.2 Å².